The van der Waals surface area contributed by atoms with E-state index >= 15 is 0 Å². The summed E-state index contributed by atoms with van der Waals surface area (Å²) in [7, 11) is 1.57. The number of benzene rings is 2. The number of alkyl halides is 3. The highest BCUT2D eigenvalue weighted by Gasteiger charge is 2.33. The Morgan fingerprint density at radius 3 is 2.19 bits per heavy atom. The Hall–Kier alpha value is -3.09. The van der Waals surface area contributed by atoms with Gasteiger partial charge in [0.05, 0.1) is 13.2 Å². The molecule has 1 heterocycles. The SMILES string of the molecule is COc1ccc([C@H](Nc2nccc(C(F)(F)F)n2)c2ccccc2)cc1. The van der Waals surface area contributed by atoms with Gasteiger partial charge in [-0.3, -0.25) is 0 Å². The number of rotatable bonds is 5. The van der Waals surface area contributed by atoms with E-state index in [2.05, 4.69) is 15.3 Å². The fraction of sp³-hybridized carbons (Fsp3) is 0.158. The fourth-order valence-electron chi connectivity index (χ4n) is 2.52. The van der Waals surface area contributed by atoms with Crippen LogP contribution in [0.1, 0.15) is 22.9 Å². The smallest absolute Gasteiger partial charge is 0.433 e. The van der Waals surface area contributed by atoms with Gasteiger partial charge in [0.1, 0.15) is 11.4 Å². The third-order valence-electron chi connectivity index (χ3n) is 3.80. The van der Waals surface area contributed by atoms with Gasteiger partial charge in [-0.15, -0.1) is 0 Å². The van der Waals surface area contributed by atoms with Crippen LogP contribution in [0, 0.1) is 0 Å². The molecule has 0 unspecified atom stereocenters. The van der Waals surface area contributed by atoms with Crippen LogP contribution < -0.4 is 10.1 Å². The van der Waals surface area contributed by atoms with Crippen molar-refractivity contribution in [3.05, 3.63) is 83.7 Å². The normalized spacial score (nSPS) is 12.5. The van der Waals surface area contributed by atoms with Gasteiger partial charge in [0, 0.05) is 6.20 Å². The van der Waals surface area contributed by atoms with E-state index in [1.807, 2.05) is 42.5 Å². The van der Waals surface area contributed by atoms with Crippen molar-refractivity contribution in [3.8, 4) is 5.75 Å². The van der Waals surface area contributed by atoms with Gasteiger partial charge in [0.15, 0.2) is 0 Å². The third kappa shape index (κ3) is 4.11. The number of ether oxygens (including phenoxy) is 1. The number of hydrogen-bond acceptors (Lipinski definition) is 4. The molecule has 0 amide bonds. The number of halogens is 3. The van der Waals surface area contributed by atoms with Gasteiger partial charge in [-0.2, -0.15) is 13.2 Å². The maximum absolute atomic E-state index is 12.9. The van der Waals surface area contributed by atoms with E-state index in [1.54, 1.807) is 19.2 Å². The molecule has 7 heteroatoms. The monoisotopic (exact) mass is 359 g/mol. The number of methoxy groups -OCH3 is 1. The number of hydrogen-bond donors (Lipinski definition) is 1. The van der Waals surface area contributed by atoms with Crippen LogP contribution in [0.2, 0.25) is 0 Å². The lowest BCUT2D eigenvalue weighted by atomic mass is 9.99. The average Bonchev–Trinajstić information content (AvgIpc) is 2.66. The molecule has 3 aromatic rings. The summed E-state index contributed by atoms with van der Waals surface area (Å²) in [6, 6.07) is 17.1. The minimum atomic E-state index is -4.53. The van der Waals surface area contributed by atoms with Crippen LogP contribution in [0.5, 0.6) is 5.75 Å². The molecule has 0 aliphatic carbocycles. The molecular weight excluding hydrogens is 343 g/mol. The molecule has 2 aromatic carbocycles. The van der Waals surface area contributed by atoms with Crippen LogP contribution in [0.4, 0.5) is 19.1 Å². The van der Waals surface area contributed by atoms with E-state index in [4.69, 9.17) is 4.74 Å². The summed E-state index contributed by atoms with van der Waals surface area (Å²) in [6.45, 7) is 0. The lowest BCUT2D eigenvalue weighted by Crippen LogP contribution is -2.16. The zero-order valence-electron chi connectivity index (χ0n) is 13.9. The van der Waals surface area contributed by atoms with Crippen molar-refractivity contribution in [1.29, 1.82) is 0 Å². The van der Waals surface area contributed by atoms with Crippen molar-refractivity contribution in [2.45, 2.75) is 12.2 Å². The van der Waals surface area contributed by atoms with Crippen molar-refractivity contribution in [2.75, 3.05) is 12.4 Å². The highest BCUT2D eigenvalue weighted by molar-refractivity contribution is 5.42. The first-order valence-corrected chi connectivity index (χ1v) is 7.83. The van der Waals surface area contributed by atoms with E-state index < -0.39 is 17.9 Å². The lowest BCUT2D eigenvalue weighted by molar-refractivity contribution is -0.141. The summed E-state index contributed by atoms with van der Waals surface area (Å²) in [6.07, 6.45) is -3.43. The van der Waals surface area contributed by atoms with Gasteiger partial charge < -0.3 is 10.1 Å². The molecule has 26 heavy (non-hydrogen) atoms. The van der Waals surface area contributed by atoms with Crippen molar-refractivity contribution >= 4 is 5.95 Å². The van der Waals surface area contributed by atoms with Gasteiger partial charge in [-0.05, 0) is 29.3 Å². The number of nitrogens with one attached hydrogen (secondary N) is 1. The largest absolute Gasteiger partial charge is 0.497 e. The number of aromatic nitrogens is 2. The predicted octanol–water partition coefficient (Wildman–Crippen LogP) is 4.71. The Kier molecular flexibility index (Phi) is 5.06. The molecule has 0 bridgehead atoms. The van der Waals surface area contributed by atoms with E-state index in [0.717, 1.165) is 23.4 Å². The summed E-state index contributed by atoms with van der Waals surface area (Å²) < 4.78 is 43.9. The maximum Gasteiger partial charge on any atom is 0.433 e. The highest BCUT2D eigenvalue weighted by Crippen LogP contribution is 2.30. The van der Waals surface area contributed by atoms with E-state index in [-0.39, 0.29) is 5.95 Å². The highest BCUT2D eigenvalue weighted by atomic mass is 19.4. The van der Waals surface area contributed by atoms with Gasteiger partial charge in [-0.1, -0.05) is 42.5 Å². The van der Waals surface area contributed by atoms with E-state index in [0.29, 0.717) is 5.75 Å². The third-order valence-corrected chi connectivity index (χ3v) is 3.80. The minimum Gasteiger partial charge on any atom is -0.497 e. The summed E-state index contributed by atoms with van der Waals surface area (Å²) in [5.41, 5.74) is 0.730. The molecule has 0 saturated heterocycles. The van der Waals surface area contributed by atoms with Crippen molar-refractivity contribution < 1.29 is 17.9 Å². The number of nitrogens with zero attached hydrogens (tertiary/aromatic N) is 2. The van der Waals surface area contributed by atoms with Crippen LogP contribution in [0.3, 0.4) is 0 Å². The predicted molar refractivity (Wildman–Crippen MR) is 91.9 cm³/mol. The first-order chi connectivity index (χ1) is 12.5. The first kappa shape index (κ1) is 17.7. The topological polar surface area (TPSA) is 47.0 Å². The summed E-state index contributed by atoms with van der Waals surface area (Å²) in [5, 5.41) is 3.00. The average molecular weight is 359 g/mol. The second-order valence-corrected chi connectivity index (χ2v) is 5.52. The second-order valence-electron chi connectivity index (χ2n) is 5.52. The molecule has 0 spiro atoms. The Morgan fingerprint density at radius 2 is 1.58 bits per heavy atom. The van der Waals surface area contributed by atoms with Gasteiger partial charge >= 0.3 is 6.18 Å². The van der Waals surface area contributed by atoms with Crippen molar-refractivity contribution in [2.24, 2.45) is 0 Å². The molecule has 0 aliphatic rings. The zero-order valence-corrected chi connectivity index (χ0v) is 13.9. The van der Waals surface area contributed by atoms with Crippen LogP contribution >= 0.6 is 0 Å². The molecule has 1 aromatic heterocycles. The zero-order chi connectivity index (χ0) is 18.6. The molecule has 1 atom stereocenters. The first-order valence-electron chi connectivity index (χ1n) is 7.83. The Bertz CT molecular complexity index is 852. The maximum atomic E-state index is 12.9. The molecule has 134 valence electrons. The van der Waals surface area contributed by atoms with Gasteiger partial charge in [-0.25, -0.2) is 9.97 Å². The summed E-state index contributed by atoms with van der Waals surface area (Å²) >= 11 is 0. The molecule has 0 aliphatic heterocycles. The molecule has 0 radical (unpaired) electrons. The van der Waals surface area contributed by atoms with Crippen LogP contribution in [0.15, 0.2) is 66.9 Å². The quantitative estimate of drug-likeness (QED) is 0.717. The van der Waals surface area contributed by atoms with Crippen LogP contribution in [0.25, 0.3) is 0 Å². The molecule has 1 N–H and O–H groups in total. The Morgan fingerprint density at radius 1 is 0.923 bits per heavy atom. The van der Waals surface area contributed by atoms with E-state index in [9.17, 15) is 13.2 Å². The molecule has 3 rings (SSSR count). The molecule has 0 saturated carbocycles. The van der Waals surface area contributed by atoms with Crippen molar-refractivity contribution in [3.63, 3.8) is 0 Å². The standard InChI is InChI=1S/C19H16F3N3O/c1-26-15-9-7-14(8-10-15)17(13-5-3-2-4-6-13)25-18-23-12-11-16(24-18)19(20,21)22/h2-12,17H,1H3,(H,23,24,25)/t17-/m1/s1. The molecule has 0 fully saturated rings. The fourth-order valence-corrected chi connectivity index (χ4v) is 2.52. The van der Waals surface area contributed by atoms with E-state index in [1.165, 1.54) is 0 Å². The van der Waals surface area contributed by atoms with Crippen LogP contribution in [-0.4, -0.2) is 17.1 Å². The molecule has 4 nitrogen and oxygen atoms in total. The lowest BCUT2D eigenvalue weighted by Gasteiger charge is -2.20. The second kappa shape index (κ2) is 7.43. The van der Waals surface area contributed by atoms with Gasteiger partial charge in [0.2, 0.25) is 5.95 Å². The summed E-state index contributed by atoms with van der Waals surface area (Å²) in [5.74, 6) is 0.598. The molecular formula is C19H16F3N3O. The van der Waals surface area contributed by atoms with Crippen LogP contribution in [-0.2, 0) is 6.18 Å². The summed E-state index contributed by atoms with van der Waals surface area (Å²) in [4.78, 5) is 7.53. The minimum absolute atomic E-state index is 0.0931. The Balaban J connectivity index is 1.96. The number of anilines is 1. The van der Waals surface area contributed by atoms with Gasteiger partial charge in [0.25, 0.3) is 0 Å². The Labute approximate surface area is 148 Å². The van der Waals surface area contributed by atoms with Crippen molar-refractivity contribution in [1.82, 2.24) is 9.97 Å².